The van der Waals surface area contributed by atoms with E-state index in [1.807, 2.05) is 19.1 Å². The number of nitrogens with zero attached hydrogens (tertiary/aromatic N) is 3. The van der Waals surface area contributed by atoms with Gasteiger partial charge >= 0.3 is 0 Å². The zero-order valence-electron chi connectivity index (χ0n) is 10.2. The second-order valence-corrected chi connectivity index (χ2v) is 4.55. The molecular weight excluding hydrogens is 214 g/mol. The van der Waals surface area contributed by atoms with E-state index in [1.54, 1.807) is 32.3 Å². The molecule has 4 heteroatoms. The second-order valence-electron chi connectivity index (χ2n) is 4.55. The van der Waals surface area contributed by atoms with Crippen LogP contribution in [-0.2, 0) is 5.60 Å². The standard InChI is InChI=1S/C13H15N3O/c1-9-4-5-10(15-8-9)11-6-7-14-12(16-11)13(2,3)17/h4-8,17H,1-3H3. The van der Waals surface area contributed by atoms with E-state index in [-0.39, 0.29) is 0 Å². The number of rotatable bonds is 2. The summed E-state index contributed by atoms with van der Waals surface area (Å²) in [5.41, 5.74) is 1.56. The largest absolute Gasteiger partial charge is 0.382 e. The van der Waals surface area contributed by atoms with Gasteiger partial charge in [-0.15, -0.1) is 0 Å². The minimum atomic E-state index is -1.04. The average molecular weight is 229 g/mol. The molecule has 2 rings (SSSR count). The van der Waals surface area contributed by atoms with E-state index in [1.165, 1.54) is 0 Å². The van der Waals surface area contributed by atoms with Crippen LogP contribution in [0, 0.1) is 6.92 Å². The predicted octanol–water partition coefficient (Wildman–Crippen LogP) is 2.07. The smallest absolute Gasteiger partial charge is 0.160 e. The van der Waals surface area contributed by atoms with Gasteiger partial charge in [-0.1, -0.05) is 6.07 Å². The lowest BCUT2D eigenvalue weighted by Gasteiger charge is -2.15. The van der Waals surface area contributed by atoms with Crippen LogP contribution in [0.15, 0.2) is 30.6 Å². The topological polar surface area (TPSA) is 58.9 Å². The zero-order valence-corrected chi connectivity index (χ0v) is 10.2. The number of hydrogen-bond donors (Lipinski definition) is 1. The molecule has 0 aromatic carbocycles. The number of aryl methyl sites for hydroxylation is 1. The second kappa shape index (κ2) is 4.22. The summed E-state index contributed by atoms with van der Waals surface area (Å²) >= 11 is 0. The van der Waals surface area contributed by atoms with Crippen LogP contribution >= 0.6 is 0 Å². The van der Waals surface area contributed by atoms with Crippen LogP contribution < -0.4 is 0 Å². The summed E-state index contributed by atoms with van der Waals surface area (Å²) in [6.45, 7) is 5.31. The Bertz CT molecular complexity index is 515. The number of hydrogen-bond acceptors (Lipinski definition) is 4. The summed E-state index contributed by atoms with van der Waals surface area (Å²) < 4.78 is 0. The molecular formula is C13H15N3O. The average Bonchev–Trinajstić information content (AvgIpc) is 2.29. The maximum atomic E-state index is 9.86. The van der Waals surface area contributed by atoms with Crippen molar-refractivity contribution in [2.75, 3.05) is 0 Å². The summed E-state index contributed by atoms with van der Waals surface area (Å²) in [5, 5.41) is 9.86. The SMILES string of the molecule is Cc1ccc(-c2ccnc(C(C)(C)O)n2)nc1. The van der Waals surface area contributed by atoms with E-state index in [9.17, 15) is 5.11 Å². The molecule has 0 saturated carbocycles. The van der Waals surface area contributed by atoms with Crippen LogP contribution in [0.2, 0.25) is 0 Å². The van der Waals surface area contributed by atoms with Crippen molar-refractivity contribution in [2.45, 2.75) is 26.4 Å². The Labute approximate surface area is 100 Å². The van der Waals surface area contributed by atoms with Gasteiger partial charge in [0.1, 0.15) is 5.60 Å². The molecule has 0 amide bonds. The van der Waals surface area contributed by atoms with E-state index < -0.39 is 5.60 Å². The third-order valence-electron chi connectivity index (χ3n) is 2.38. The Morgan fingerprint density at radius 2 is 1.82 bits per heavy atom. The van der Waals surface area contributed by atoms with Gasteiger partial charge in [0.2, 0.25) is 0 Å². The molecule has 4 nitrogen and oxygen atoms in total. The molecule has 1 N–H and O–H groups in total. The number of pyridine rings is 1. The quantitative estimate of drug-likeness (QED) is 0.856. The summed E-state index contributed by atoms with van der Waals surface area (Å²) in [7, 11) is 0. The van der Waals surface area contributed by atoms with Gasteiger partial charge < -0.3 is 5.11 Å². The fraction of sp³-hybridized carbons (Fsp3) is 0.308. The Morgan fingerprint density at radius 1 is 1.06 bits per heavy atom. The monoisotopic (exact) mass is 229 g/mol. The van der Waals surface area contributed by atoms with Crippen molar-refractivity contribution in [1.82, 2.24) is 15.0 Å². The van der Waals surface area contributed by atoms with Crippen LogP contribution in [0.25, 0.3) is 11.4 Å². The third-order valence-corrected chi connectivity index (χ3v) is 2.38. The fourth-order valence-corrected chi connectivity index (χ4v) is 1.42. The van der Waals surface area contributed by atoms with Gasteiger partial charge in [-0.05, 0) is 38.5 Å². The fourth-order valence-electron chi connectivity index (χ4n) is 1.42. The molecule has 0 aliphatic carbocycles. The molecule has 0 aliphatic heterocycles. The van der Waals surface area contributed by atoms with Crippen molar-refractivity contribution >= 4 is 0 Å². The minimum Gasteiger partial charge on any atom is -0.382 e. The summed E-state index contributed by atoms with van der Waals surface area (Å²) in [5.74, 6) is 0.400. The van der Waals surface area contributed by atoms with E-state index in [4.69, 9.17) is 0 Å². The zero-order chi connectivity index (χ0) is 12.5. The highest BCUT2D eigenvalue weighted by atomic mass is 16.3. The first-order chi connectivity index (χ1) is 7.97. The molecule has 2 heterocycles. The predicted molar refractivity (Wildman–Crippen MR) is 65.2 cm³/mol. The van der Waals surface area contributed by atoms with Crippen molar-refractivity contribution in [3.8, 4) is 11.4 Å². The summed E-state index contributed by atoms with van der Waals surface area (Å²) in [6.07, 6.45) is 3.43. The highest BCUT2D eigenvalue weighted by Crippen LogP contribution is 2.19. The first-order valence-corrected chi connectivity index (χ1v) is 5.46. The van der Waals surface area contributed by atoms with Gasteiger partial charge in [-0.3, -0.25) is 4.98 Å². The molecule has 17 heavy (non-hydrogen) atoms. The van der Waals surface area contributed by atoms with E-state index in [2.05, 4.69) is 15.0 Å². The van der Waals surface area contributed by atoms with E-state index in [0.29, 0.717) is 5.82 Å². The first kappa shape index (κ1) is 11.7. The molecule has 0 bridgehead atoms. The lowest BCUT2D eigenvalue weighted by Crippen LogP contribution is -2.19. The lowest BCUT2D eigenvalue weighted by atomic mass is 10.1. The Morgan fingerprint density at radius 3 is 2.41 bits per heavy atom. The highest BCUT2D eigenvalue weighted by Gasteiger charge is 2.20. The maximum Gasteiger partial charge on any atom is 0.160 e. The summed E-state index contributed by atoms with van der Waals surface area (Å²) in [6, 6.07) is 5.67. The van der Waals surface area contributed by atoms with Crippen LogP contribution in [-0.4, -0.2) is 20.1 Å². The molecule has 0 spiro atoms. The number of aromatic nitrogens is 3. The molecule has 88 valence electrons. The Kier molecular flexibility index (Phi) is 2.90. The van der Waals surface area contributed by atoms with Gasteiger partial charge in [-0.25, -0.2) is 9.97 Å². The Hall–Kier alpha value is -1.81. The van der Waals surface area contributed by atoms with E-state index >= 15 is 0 Å². The maximum absolute atomic E-state index is 9.86. The van der Waals surface area contributed by atoms with Crippen LogP contribution in [0.4, 0.5) is 0 Å². The minimum absolute atomic E-state index is 0.400. The molecule has 0 fully saturated rings. The van der Waals surface area contributed by atoms with Crippen molar-refractivity contribution in [2.24, 2.45) is 0 Å². The lowest BCUT2D eigenvalue weighted by molar-refractivity contribution is 0.0688. The van der Waals surface area contributed by atoms with Gasteiger partial charge in [-0.2, -0.15) is 0 Å². The molecule has 2 aromatic heterocycles. The molecule has 0 unspecified atom stereocenters. The van der Waals surface area contributed by atoms with Gasteiger partial charge in [0.05, 0.1) is 11.4 Å². The third kappa shape index (κ3) is 2.65. The van der Waals surface area contributed by atoms with Crippen molar-refractivity contribution in [3.63, 3.8) is 0 Å². The van der Waals surface area contributed by atoms with Crippen LogP contribution in [0.5, 0.6) is 0 Å². The first-order valence-electron chi connectivity index (χ1n) is 5.46. The molecule has 0 atom stereocenters. The molecule has 2 aromatic rings. The van der Waals surface area contributed by atoms with Gasteiger partial charge in [0.15, 0.2) is 5.82 Å². The van der Waals surface area contributed by atoms with Crippen molar-refractivity contribution < 1.29 is 5.11 Å². The van der Waals surface area contributed by atoms with Crippen molar-refractivity contribution in [1.29, 1.82) is 0 Å². The molecule has 0 radical (unpaired) electrons. The highest BCUT2D eigenvalue weighted by molar-refractivity contribution is 5.53. The number of aliphatic hydroxyl groups is 1. The normalized spacial score (nSPS) is 11.5. The van der Waals surface area contributed by atoms with Gasteiger partial charge in [0, 0.05) is 12.4 Å². The van der Waals surface area contributed by atoms with E-state index in [0.717, 1.165) is 17.0 Å². The summed E-state index contributed by atoms with van der Waals surface area (Å²) in [4.78, 5) is 12.7. The molecule has 0 saturated heterocycles. The van der Waals surface area contributed by atoms with Crippen LogP contribution in [0.1, 0.15) is 25.2 Å². The van der Waals surface area contributed by atoms with Crippen molar-refractivity contribution in [3.05, 3.63) is 42.0 Å². The Balaban J connectivity index is 2.43. The van der Waals surface area contributed by atoms with Gasteiger partial charge in [0.25, 0.3) is 0 Å². The molecule has 0 aliphatic rings. The van der Waals surface area contributed by atoms with Crippen LogP contribution in [0.3, 0.4) is 0 Å².